The number of nitriles is 1. The van der Waals surface area contributed by atoms with Gasteiger partial charge in [0.2, 0.25) is 0 Å². The van der Waals surface area contributed by atoms with Gasteiger partial charge in [0.1, 0.15) is 11.4 Å². The third-order valence-electron chi connectivity index (χ3n) is 4.69. The molecular formula is C20H18N4OS. The smallest absolute Gasteiger partial charge is 0.252 e. The van der Waals surface area contributed by atoms with E-state index in [2.05, 4.69) is 20.9 Å². The van der Waals surface area contributed by atoms with Gasteiger partial charge in [0.15, 0.2) is 0 Å². The highest BCUT2D eigenvalue weighted by atomic mass is 32.2. The maximum absolute atomic E-state index is 12.7. The SMILES string of the molecule is Cc1nc2cc(C(=O)NC3(C#N)CCSC3)ccc2n1-c1ccccc1. The van der Waals surface area contributed by atoms with Gasteiger partial charge in [0, 0.05) is 17.0 Å². The van der Waals surface area contributed by atoms with Crippen LogP contribution >= 0.6 is 11.8 Å². The van der Waals surface area contributed by atoms with E-state index < -0.39 is 5.54 Å². The Morgan fingerprint density at radius 1 is 1.31 bits per heavy atom. The van der Waals surface area contributed by atoms with E-state index in [9.17, 15) is 10.1 Å². The number of fused-ring (bicyclic) bond motifs is 1. The number of benzene rings is 2. The van der Waals surface area contributed by atoms with E-state index in [0.717, 1.165) is 28.3 Å². The van der Waals surface area contributed by atoms with Gasteiger partial charge in [-0.1, -0.05) is 18.2 Å². The van der Waals surface area contributed by atoms with Gasteiger partial charge in [-0.3, -0.25) is 9.36 Å². The molecule has 0 spiro atoms. The Hall–Kier alpha value is -2.78. The van der Waals surface area contributed by atoms with Crippen LogP contribution in [0.25, 0.3) is 16.7 Å². The summed E-state index contributed by atoms with van der Waals surface area (Å²) < 4.78 is 2.07. The number of hydrogen-bond donors (Lipinski definition) is 1. The zero-order valence-electron chi connectivity index (χ0n) is 14.4. The number of aromatic nitrogens is 2. The van der Waals surface area contributed by atoms with Crippen LogP contribution in [-0.4, -0.2) is 32.5 Å². The van der Waals surface area contributed by atoms with Crippen LogP contribution in [0.4, 0.5) is 0 Å². The first-order valence-corrected chi connectivity index (χ1v) is 9.63. The van der Waals surface area contributed by atoms with Gasteiger partial charge in [-0.05, 0) is 49.4 Å². The number of imidazole rings is 1. The summed E-state index contributed by atoms with van der Waals surface area (Å²) in [5, 5.41) is 12.4. The van der Waals surface area contributed by atoms with Gasteiger partial charge in [0.05, 0.1) is 17.1 Å². The lowest BCUT2D eigenvalue weighted by molar-refractivity contribution is 0.0926. The largest absolute Gasteiger partial charge is 0.333 e. The number of carbonyl (C=O) groups excluding carboxylic acids is 1. The van der Waals surface area contributed by atoms with Gasteiger partial charge < -0.3 is 5.32 Å². The molecule has 1 atom stereocenters. The molecule has 26 heavy (non-hydrogen) atoms. The minimum Gasteiger partial charge on any atom is -0.333 e. The Labute approximate surface area is 156 Å². The van der Waals surface area contributed by atoms with Crippen molar-refractivity contribution in [3.8, 4) is 11.8 Å². The lowest BCUT2D eigenvalue weighted by Crippen LogP contribution is -2.47. The summed E-state index contributed by atoms with van der Waals surface area (Å²) in [6.45, 7) is 1.95. The first-order valence-electron chi connectivity index (χ1n) is 8.48. The van der Waals surface area contributed by atoms with Gasteiger partial charge in [-0.15, -0.1) is 0 Å². The Kier molecular flexibility index (Phi) is 4.17. The summed E-state index contributed by atoms with van der Waals surface area (Å²) in [7, 11) is 0. The molecule has 1 fully saturated rings. The van der Waals surface area contributed by atoms with Gasteiger partial charge in [0.25, 0.3) is 5.91 Å². The van der Waals surface area contributed by atoms with Crippen molar-refractivity contribution in [1.29, 1.82) is 5.26 Å². The number of nitrogens with zero attached hydrogens (tertiary/aromatic N) is 3. The second kappa shape index (κ2) is 6.50. The summed E-state index contributed by atoms with van der Waals surface area (Å²) in [6, 6.07) is 17.8. The van der Waals surface area contributed by atoms with Crippen molar-refractivity contribution >= 4 is 28.7 Å². The number of amides is 1. The van der Waals surface area contributed by atoms with Crippen LogP contribution < -0.4 is 5.32 Å². The Balaban J connectivity index is 1.69. The molecule has 0 radical (unpaired) electrons. The van der Waals surface area contributed by atoms with Crippen LogP contribution in [0.2, 0.25) is 0 Å². The zero-order valence-corrected chi connectivity index (χ0v) is 15.2. The molecular weight excluding hydrogens is 344 g/mol. The fraction of sp³-hybridized carbons (Fsp3) is 0.250. The molecule has 5 nitrogen and oxygen atoms in total. The van der Waals surface area contributed by atoms with E-state index in [0.29, 0.717) is 17.7 Å². The lowest BCUT2D eigenvalue weighted by Gasteiger charge is -2.21. The molecule has 1 unspecified atom stereocenters. The van der Waals surface area contributed by atoms with Crippen molar-refractivity contribution in [3.05, 3.63) is 59.9 Å². The molecule has 1 N–H and O–H groups in total. The summed E-state index contributed by atoms with van der Waals surface area (Å²) in [4.78, 5) is 17.3. The van der Waals surface area contributed by atoms with Crippen LogP contribution in [0.3, 0.4) is 0 Å². The second-order valence-electron chi connectivity index (χ2n) is 6.48. The van der Waals surface area contributed by atoms with Gasteiger partial charge in [-0.25, -0.2) is 4.98 Å². The standard InChI is InChI=1S/C20H18N4OS/c1-14-22-17-11-15(19(25)23-20(12-21)9-10-26-13-20)7-8-18(17)24(14)16-5-3-2-4-6-16/h2-8,11H,9-10,13H2,1H3,(H,23,25). The second-order valence-corrected chi connectivity index (χ2v) is 7.59. The van der Waals surface area contributed by atoms with Crippen molar-refractivity contribution in [3.63, 3.8) is 0 Å². The number of rotatable bonds is 3. The highest BCUT2D eigenvalue weighted by molar-refractivity contribution is 7.99. The molecule has 2 heterocycles. The van der Waals surface area contributed by atoms with E-state index in [1.165, 1.54) is 0 Å². The molecule has 1 amide bonds. The number of aryl methyl sites for hydroxylation is 1. The van der Waals surface area contributed by atoms with Crippen molar-refractivity contribution < 1.29 is 4.79 Å². The van der Waals surface area contributed by atoms with E-state index in [1.807, 2.05) is 43.3 Å². The predicted molar refractivity (Wildman–Crippen MR) is 104 cm³/mol. The van der Waals surface area contributed by atoms with Gasteiger partial charge in [-0.2, -0.15) is 17.0 Å². The Morgan fingerprint density at radius 2 is 2.12 bits per heavy atom. The molecule has 1 aliphatic rings. The van der Waals surface area contributed by atoms with Crippen molar-refractivity contribution in [2.24, 2.45) is 0 Å². The zero-order chi connectivity index (χ0) is 18.1. The maximum Gasteiger partial charge on any atom is 0.252 e. The fourth-order valence-electron chi connectivity index (χ4n) is 3.31. The number of hydrogen-bond acceptors (Lipinski definition) is 4. The molecule has 0 saturated carbocycles. The van der Waals surface area contributed by atoms with E-state index >= 15 is 0 Å². The average Bonchev–Trinajstić information content (AvgIpc) is 3.25. The third kappa shape index (κ3) is 2.85. The first-order chi connectivity index (χ1) is 12.6. The van der Waals surface area contributed by atoms with Crippen LogP contribution in [0.5, 0.6) is 0 Å². The summed E-state index contributed by atoms with van der Waals surface area (Å²) in [5.74, 6) is 2.18. The predicted octanol–water partition coefficient (Wildman–Crippen LogP) is 3.46. The molecule has 130 valence electrons. The number of nitrogens with one attached hydrogen (secondary N) is 1. The van der Waals surface area contributed by atoms with Crippen molar-refractivity contribution in [2.75, 3.05) is 11.5 Å². The quantitative estimate of drug-likeness (QED) is 0.774. The highest BCUT2D eigenvalue weighted by Crippen LogP contribution is 2.28. The monoisotopic (exact) mass is 362 g/mol. The van der Waals surface area contributed by atoms with Crippen LogP contribution in [0, 0.1) is 18.3 Å². The molecule has 4 rings (SSSR count). The van der Waals surface area contributed by atoms with Crippen molar-refractivity contribution in [2.45, 2.75) is 18.9 Å². The topological polar surface area (TPSA) is 70.7 Å². The molecule has 1 saturated heterocycles. The molecule has 1 aliphatic heterocycles. The minimum atomic E-state index is -0.754. The van der Waals surface area contributed by atoms with E-state index in [-0.39, 0.29) is 5.91 Å². The Bertz CT molecular complexity index is 1010. The summed E-state index contributed by atoms with van der Waals surface area (Å²) in [6.07, 6.45) is 0.684. The maximum atomic E-state index is 12.7. The number of para-hydroxylation sites is 1. The number of carbonyl (C=O) groups is 1. The third-order valence-corrected chi connectivity index (χ3v) is 5.88. The first kappa shape index (κ1) is 16.7. The fourth-order valence-corrected chi connectivity index (χ4v) is 4.58. The lowest BCUT2D eigenvalue weighted by atomic mass is 10.0. The average molecular weight is 362 g/mol. The van der Waals surface area contributed by atoms with Crippen LogP contribution in [-0.2, 0) is 0 Å². The molecule has 6 heteroatoms. The minimum absolute atomic E-state index is 0.220. The Morgan fingerprint density at radius 3 is 2.81 bits per heavy atom. The van der Waals surface area contributed by atoms with Crippen LogP contribution in [0.1, 0.15) is 22.6 Å². The molecule has 2 aromatic carbocycles. The summed E-state index contributed by atoms with van der Waals surface area (Å²) >= 11 is 1.70. The molecule has 1 aromatic heterocycles. The molecule has 0 aliphatic carbocycles. The van der Waals surface area contributed by atoms with Gasteiger partial charge >= 0.3 is 0 Å². The van der Waals surface area contributed by atoms with Crippen molar-refractivity contribution in [1.82, 2.24) is 14.9 Å². The van der Waals surface area contributed by atoms with E-state index in [4.69, 9.17) is 0 Å². The van der Waals surface area contributed by atoms with E-state index in [1.54, 1.807) is 23.9 Å². The normalized spacial score (nSPS) is 19.4. The molecule has 3 aromatic rings. The number of thioether (sulfide) groups is 1. The molecule has 0 bridgehead atoms. The summed E-state index contributed by atoms with van der Waals surface area (Å²) in [5.41, 5.74) is 2.54. The highest BCUT2D eigenvalue weighted by Gasteiger charge is 2.36. The van der Waals surface area contributed by atoms with Crippen LogP contribution in [0.15, 0.2) is 48.5 Å².